The highest BCUT2D eigenvalue weighted by molar-refractivity contribution is 6.34. The highest BCUT2D eigenvalue weighted by Crippen LogP contribution is 2.47. The molecule has 0 radical (unpaired) electrons. The van der Waals surface area contributed by atoms with Gasteiger partial charge in [0.15, 0.2) is 0 Å². The van der Waals surface area contributed by atoms with Gasteiger partial charge in [-0.1, -0.05) is 34.7 Å². The Kier molecular flexibility index (Phi) is 3.70. The number of hydrogen-bond donors (Lipinski definition) is 0. The zero-order valence-corrected chi connectivity index (χ0v) is 12.6. The van der Waals surface area contributed by atoms with Gasteiger partial charge in [-0.15, -0.1) is 23.1 Å². The summed E-state index contributed by atoms with van der Waals surface area (Å²) in [4.78, 5) is 22.5. The summed E-state index contributed by atoms with van der Waals surface area (Å²) in [5.41, 5.74) is 0.516. The van der Waals surface area contributed by atoms with E-state index >= 15 is 0 Å². The molecule has 1 aliphatic carbocycles. The number of rotatable bonds is 3. The molecule has 6 heteroatoms. The van der Waals surface area contributed by atoms with E-state index in [9.17, 15) is 14.1 Å². The van der Waals surface area contributed by atoms with Crippen LogP contribution >= 0.6 is 11.6 Å². The number of nitrogens with zero attached hydrogens (tertiary/aromatic N) is 1. The van der Waals surface area contributed by atoms with Gasteiger partial charge in [-0.25, -0.2) is 0 Å². The van der Waals surface area contributed by atoms with Gasteiger partial charge in [-0.2, -0.15) is 0 Å². The molecule has 0 fully saturated rings. The molecule has 4 nitrogen and oxygen atoms in total. The third-order valence-electron chi connectivity index (χ3n) is 3.74. The molecule has 0 spiro atoms. The van der Waals surface area contributed by atoms with Gasteiger partial charge in [0.05, 0.1) is 5.57 Å². The zero-order chi connectivity index (χ0) is 16.6. The van der Waals surface area contributed by atoms with Gasteiger partial charge in [0.2, 0.25) is 0 Å². The Hall–Kier alpha value is -2.58. The van der Waals surface area contributed by atoms with Gasteiger partial charge < -0.3 is 4.74 Å². The molecular weight excluding hydrogens is 321 g/mol. The fourth-order valence-corrected chi connectivity index (χ4v) is 3.11. The van der Waals surface area contributed by atoms with Crippen LogP contribution in [-0.4, -0.2) is 23.5 Å². The molecule has 1 aromatic carbocycles. The van der Waals surface area contributed by atoms with Crippen molar-refractivity contribution in [2.45, 2.75) is 11.3 Å². The number of alkyl halides is 1. The van der Waals surface area contributed by atoms with Gasteiger partial charge in [-0.05, 0) is 24.1 Å². The summed E-state index contributed by atoms with van der Waals surface area (Å²) >= 11 is 6.63. The lowest BCUT2D eigenvalue weighted by atomic mass is 9.83. The normalized spacial score (nSPS) is 23.1. The predicted octanol–water partition coefficient (Wildman–Crippen LogP) is 2.64. The second-order valence-corrected chi connectivity index (χ2v) is 5.68. The van der Waals surface area contributed by atoms with Crippen molar-refractivity contribution >= 4 is 23.4 Å². The van der Waals surface area contributed by atoms with E-state index in [0.717, 1.165) is 0 Å². The first-order valence-corrected chi connectivity index (χ1v) is 7.18. The van der Waals surface area contributed by atoms with E-state index in [2.05, 4.69) is 5.92 Å². The highest BCUT2D eigenvalue weighted by Gasteiger charge is 2.50. The number of allylic oxidation sites excluding steroid dienone is 2. The average molecular weight is 332 g/mol. The molecule has 1 heterocycles. The van der Waals surface area contributed by atoms with Crippen molar-refractivity contribution in [3.63, 3.8) is 0 Å². The molecule has 2 aliphatic rings. The van der Waals surface area contributed by atoms with Gasteiger partial charge in [-0.3, -0.25) is 9.59 Å². The van der Waals surface area contributed by atoms with Crippen LogP contribution < -0.4 is 4.74 Å². The van der Waals surface area contributed by atoms with Crippen LogP contribution in [-0.2, 0) is 14.5 Å². The summed E-state index contributed by atoms with van der Waals surface area (Å²) in [6.45, 7) is 0.0815. The van der Waals surface area contributed by atoms with Crippen LogP contribution in [0.15, 0.2) is 47.6 Å². The van der Waals surface area contributed by atoms with Crippen LogP contribution in [0.25, 0.3) is 0 Å². The minimum absolute atomic E-state index is 0.0525. The number of imide groups is 1. The fraction of sp³-hybridized carbons (Fsp3) is 0.176. The van der Waals surface area contributed by atoms with Crippen molar-refractivity contribution in [2.75, 3.05) is 6.61 Å². The van der Waals surface area contributed by atoms with Gasteiger partial charge in [0.25, 0.3) is 11.8 Å². The summed E-state index contributed by atoms with van der Waals surface area (Å²) in [5, 5.41) is -0.395. The molecule has 3 rings (SSSR count). The smallest absolute Gasteiger partial charge is 0.288 e. The van der Waals surface area contributed by atoms with Crippen LogP contribution in [0.1, 0.15) is 12.0 Å². The van der Waals surface area contributed by atoms with Crippen molar-refractivity contribution in [2.24, 2.45) is 0 Å². The van der Waals surface area contributed by atoms with E-state index in [1.165, 1.54) is 0 Å². The SMILES string of the molecule is C#CCOc1cccc(C2(Cl)C=CCC3=C2C(=O)N(F)C3=O)c1. The lowest BCUT2D eigenvalue weighted by Crippen LogP contribution is -2.29. The van der Waals surface area contributed by atoms with Crippen LogP contribution in [0.4, 0.5) is 4.48 Å². The topological polar surface area (TPSA) is 46.6 Å². The monoisotopic (exact) mass is 331 g/mol. The summed E-state index contributed by atoms with van der Waals surface area (Å²) in [6, 6.07) is 6.66. The zero-order valence-electron chi connectivity index (χ0n) is 11.9. The number of hydrogen-bond acceptors (Lipinski definition) is 3. The van der Waals surface area contributed by atoms with Crippen molar-refractivity contribution in [1.82, 2.24) is 5.12 Å². The Morgan fingerprint density at radius 1 is 1.39 bits per heavy atom. The number of terminal acetylenes is 1. The standard InChI is InChI=1S/C17H11ClFNO3/c1-2-9-23-12-6-3-5-11(10-12)17(18)8-4-7-13-14(17)16(22)20(19)15(13)21/h1,3-6,8,10H,7,9H2. The van der Waals surface area contributed by atoms with E-state index < -0.39 is 21.8 Å². The molecule has 0 aromatic heterocycles. The molecule has 1 aliphatic heterocycles. The lowest BCUT2D eigenvalue weighted by Gasteiger charge is -2.28. The first-order chi connectivity index (χ1) is 11.0. The Morgan fingerprint density at radius 3 is 2.91 bits per heavy atom. The van der Waals surface area contributed by atoms with E-state index in [1.807, 2.05) is 0 Å². The fourth-order valence-electron chi connectivity index (χ4n) is 2.71. The number of carbonyl (C=O) groups excluding carboxylic acids is 2. The van der Waals surface area contributed by atoms with Crippen molar-refractivity contribution in [1.29, 1.82) is 0 Å². The number of halogens is 2. The minimum atomic E-state index is -1.42. The quantitative estimate of drug-likeness (QED) is 0.281. The minimum Gasteiger partial charge on any atom is -0.481 e. The largest absolute Gasteiger partial charge is 0.481 e. The summed E-state index contributed by atoms with van der Waals surface area (Å²) in [6.07, 6.45) is 8.55. The average Bonchev–Trinajstić information content (AvgIpc) is 2.79. The van der Waals surface area contributed by atoms with Gasteiger partial charge in [0, 0.05) is 5.57 Å². The van der Waals surface area contributed by atoms with E-state index in [0.29, 0.717) is 11.3 Å². The van der Waals surface area contributed by atoms with Crippen LogP contribution in [0.5, 0.6) is 5.75 Å². The Bertz CT molecular complexity index is 808. The first kappa shape index (κ1) is 15.3. The second kappa shape index (κ2) is 5.56. The molecule has 2 amide bonds. The van der Waals surface area contributed by atoms with E-state index in [4.69, 9.17) is 22.8 Å². The Morgan fingerprint density at radius 2 is 2.17 bits per heavy atom. The number of carbonyl (C=O) groups is 2. The molecule has 0 bridgehead atoms. The lowest BCUT2D eigenvalue weighted by molar-refractivity contribution is -0.153. The number of amides is 2. The number of ether oxygens (including phenoxy) is 1. The summed E-state index contributed by atoms with van der Waals surface area (Å²) in [7, 11) is 0. The second-order valence-electron chi connectivity index (χ2n) is 5.08. The first-order valence-electron chi connectivity index (χ1n) is 6.80. The maximum atomic E-state index is 13.7. The van der Waals surface area contributed by atoms with Crippen LogP contribution in [0.3, 0.4) is 0 Å². The molecule has 1 aromatic rings. The maximum absolute atomic E-state index is 13.7. The molecule has 0 N–H and O–H groups in total. The maximum Gasteiger partial charge on any atom is 0.288 e. The summed E-state index contributed by atoms with van der Waals surface area (Å²) < 4.78 is 19.0. The van der Waals surface area contributed by atoms with Gasteiger partial charge >= 0.3 is 0 Å². The number of benzene rings is 1. The van der Waals surface area contributed by atoms with Crippen LogP contribution in [0, 0.1) is 12.3 Å². The molecule has 1 atom stereocenters. The Labute approximate surface area is 137 Å². The third-order valence-corrected chi connectivity index (χ3v) is 4.27. The third kappa shape index (κ3) is 2.32. The van der Waals surface area contributed by atoms with Crippen molar-refractivity contribution in [3.05, 3.63) is 53.1 Å². The van der Waals surface area contributed by atoms with Gasteiger partial charge in [0.1, 0.15) is 17.2 Å². The molecule has 0 saturated carbocycles. The molecule has 0 saturated heterocycles. The van der Waals surface area contributed by atoms with Crippen molar-refractivity contribution < 1.29 is 18.8 Å². The molecule has 1 unspecified atom stereocenters. The van der Waals surface area contributed by atoms with E-state index in [1.54, 1.807) is 36.4 Å². The molecule has 116 valence electrons. The molecule has 23 heavy (non-hydrogen) atoms. The molecular formula is C17H11ClFNO3. The summed E-state index contributed by atoms with van der Waals surface area (Å²) in [5.74, 6) is 0.827. The Balaban J connectivity index is 2.08. The van der Waals surface area contributed by atoms with E-state index in [-0.39, 0.29) is 24.2 Å². The highest BCUT2D eigenvalue weighted by atomic mass is 35.5. The van der Waals surface area contributed by atoms with Crippen molar-refractivity contribution in [3.8, 4) is 18.1 Å². The predicted molar refractivity (Wildman–Crippen MR) is 82.0 cm³/mol. The van der Waals surface area contributed by atoms with Crippen LogP contribution in [0.2, 0.25) is 0 Å².